The number of rotatable bonds is 3. The first-order valence-corrected chi connectivity index (χ1v) is 9.15. The predicted octanol–water partition coefficient (Wildman–Crippen LogP) is 4.85. The minimum Gasteiger partial charge on any atom is -0.337 e. The lowest BCUT2D eigenvalue weighted by atomic mass is 10.2. The molecule has 0 bridgehead atoms. The smallest absolute Gasteiger partial charge is 0.272 e. The lowest BCUT2D eigenvalue weighted by Gasteiger charge is -2.20. The van der Waals surface area contributed by atoms with E-state index in [-0.39, 0.29) is 5.91 Å². The number of carbonyl (C=O) groups is 1. The van der Waals surface area contributed by atoms with Gasteiger partial charge in [0.2, 0.25) is 5.95 Å². The van der Waals surface area contributed by atoms with Crippen LogP contribution in [0.25, 0.3) is 0 Å². The van der Waals surface area contributed by atoms with Crippen LogP contribution in [0.5, 0.6) is 0 Å². The van der Waals surface area contributed by atoms with E-state index >= 15 is 0 Å². The second-order valence-electron chi connectivity index (χ2n) is 6.21. The summed E-state index contributed by atoms with van der Waals surface area (Å²) in [5, 5.41) is 4.11. The largest absolute Gasteiger partial charge is 0.337 e. The van der Waals surface area contributed by atoms with E-state index in [1.165, 1.54) is 12.8 Å². The Morgan fingerprint density at radius 1 is 1.00 bits per heavy atom. The number of halogens is 2. The fourth-order valence-corrected chi connectivity index (χ4v) is 3.45. The Morgan fingerprint density at radius 3 is 2.28 bits per heavy atom. The molecule has 0 spiro atoms. The van der Waals surface area contributed by atoms with Crippen molar-refractivity contribution in [3.63, 3.8) is 0 Å². The molecule has 5 nitrogen and oxygen atoms in total. The predicted molar refractivity (Wildman–Crippen MR) is 101 cm³/mol. The number of amides is 1. The van der Waals surface area contributed by atoms with Gasteiger partial charge in [-0.3, -0.25) is 4.79 Å². The van der Waals surface area contributed by atoms with Crippen LogP contribution >= 0.6 is 23.2 Å². The van der Waals surface area contributed by atoms with Crippen molar-refractivity contribution in [1.82, 2.24) is 14.9 Å². The van der Waals surface area contributed by atoms with Gasteiger partial charge in [-0.1, -0.05) is 36.0 Å². The van der Waals surface area contributed by atoms with E-state index in [1.54, 1.807) is 24.3 Å². The summed E-state index contributed by atoms with van der Waals surface area (Å²) in [5.74, 6) is 0.316. The molecule has 0 aliphatic carbocycles. The van der Waals surface area contributed by atoms with Gasteiger partial charge in [0.05, 0.1) is 0 Å². The number of hydrogen-bond acceptors (Lipinski definition) is 4. The molecule has 0 radical (unpaired) electrons. The average molecular weight is 379 g/mol. The van der Waals surface area contributed by atoms with Crippen molar-refractivity contribution in [2.24, 2.45) is 0 Å². The van der Waals surface area contributed by atoms with Crippen molar-refractivity contribution in [3.05, 3.63) is 45.7 Å². The summed E-state index contributed by atoms with van der Waals surface area (Å²) in [5.41, 5.74) is 1.81. The molecule has 1 aliphatic rings. The van der Waals surface area contributed by atoms with Crippen molar-refractivity contribution < 1.29 is 4.79 Å². The summed E-state index contributed by atoms with van der Waals surface area (Å²) in [6.45, 7) is 3.42. The molecular formula is C18H20Cl2N4O. The monoisotopic (exact) mass is 378 g/mol. The molecule has 1 amide bonds. The van der Waals surface area contributed by atoms with Gasteiger partial charge in [0.25, 0.3) is 5.91 Å². The number of carbonyl (C=O) groups excluding carboxylic acids is 1. The van der Waals surface area contributed by atoms with Gasteiger partial charge >= 0.3 is 0 Å². The first-order chi connectivity index (χ1) is 12.0. The molecule has 1 aliphatic heterocycles. The number of benzene rings is 1. The summed E-state index contributed by atoms with van der Waals surface area (Å²) >= 11 is 12.0. The highest BCUT2D eigenvalue weighted by Gasteiger charge is 2.19. The van der Waals surface area contributed by atoms with E-state index < -0.39 is 0 Å². The van der Waals surface area contributed by atoms with Gasteiger partial charge in [-0.25, -0.2) is 9.97 Å². The van der Waals surface area contributed by atoms with Crippen molar-refractivity contribution in [2.75, 3.05) is 18.4 Å². The molecule has 1 fully saturated rings. The third-order valence-electron chi connectivity index (χ3n) is 4.09. The zero-order valence-corrected chi connectivity index (χ0v) is 15.6. The fraction of sp³-hybridized carbons (Fsp3) is 0.389. The Kier molecular flexibility index (Phi) is 5.76. The van der Waals surface area contributed by atoms with Gasteiger partial charge in [0.1, 0.15) is 5.69 Å². The molecule has 1 N–H and O–H groups in total. The standard InChI is InChI=1S/C18H20Cl2N4O/c1-12-8-16(17(25)24-6-4-2-3-5-7-24)23-18(21-12)22-15-10-13(19)9-14(20)11-15/h8-11H,2-7H2,1H3,(H,21,22,23). The summed E-state index contributed by atoms with van der Waals surface area (Å²) in [7, 11) is 0. The quantitative estimate of drug-likeness (QED) is 0.828. The van der Waals surface area contributed by atoms with Gasteiger partial charge in [-0.15, -0.1) is 0 Å². The van der Waals surface area contributed by atoms with Gasteiger partial charge in [-0.2, -0.15) is 0 Å². The van der Waals surface area contributed by atoms with Crippen LogP contribution < -0.4 is 5.32 Å². The fourth-order valence-electron chi connectivity index (χ4n) is 2.92. The van der Waals surface area contributed by atoms with E-state index in [9.17, 15) is 4.79 Å². The lowest BCUT2D eigenvalue weighted by Crippen LogP contribution is -2.32. The number of aryl methyl sites for hydroxylation is 1. The third-order valence-corrected chi connectivity index (χ3v) is 4.52. The zero-order chi connectivity index (χ0) is 17.8. The van der Waals surface area contributed by atoms with E-state index in [1.807, 2.05) is 11.8 Å². The molecule has 3 rings (SSSR count). The number of hydrogen-bond donors (Lipinski definition) is 1. The van der Waals surface area contributed by atoms with Crippen molar-refractivity contribution in [2.45, 2.75) is 32.6 Å². The maximum atomic E-state index is 12.8. The Bertz CT molecular complexity index is 753. The highest BCUT2D eigenvalue weighted by atomic mass is 35.5. The molecule has 132 valence electrons. The van der Waals surface area contributed by atoms with E-state index in [0.29, 0.717) is 27.4 Å². The maximum absolute atomic E-state index is 12.8. The van der Waals surface area contributed by atoms with Crippen LogP contribution in [0.3, 0.4) is 0 Å². The van der Waals surface area contributed by atoms with E-state index in [4.69, 9.17) is 23.2 Å². The maximum Gasteiger partial charge on any atom is 0.272 e. The molecule has 25 heavy (non-hydrogen) atoms. The SMILES string of the molecule is Cc1cc(C(=O)N2CCCCCC2)nc(Nc2cc(Cl)cc(Cl)c2)n1. The van der Waals surface area contributed by atoms with Gasteiger partial charge in [0.15, 0.2) is 0 Å². The lowest BCUT2D eigenvalue weighted by molar-refractivity contribution is 0.0755. The normalized spacial score (nSPS) is 14.9. The minimum absolute atomic E-state index is 0.0421. The topological polar surface area (TPSA) is 58.1 Å². The van der Waals surface area contributed by atoms with E-state index in [0.717, 1.165) is 31.6 Å². The van der Waals surface area contributed by atoms with Crippen LogP contribution in [0.4, 0.5) is 11.6 Å². The molecule has 1 aromatic carbocycles. The molecule has 1 aromatic heterocycles. The molecule has 0 atom stereocenters. The second-order valence-corrected chi connectivity index (χ2v) is 7.08. The molecular weight excluding hydrogens is 359 g/mol. The van der Waals surface area contributed by atoms with Crippen molar-refractivity contribution >= 4 is 40.7 Å². The molecule has 0 saturated carbocycles. The molecule has 2 heterocycles. The van der Waals surface area contributed by atoms with Crippen LogP contribution in [0.2, 0.25) is 10.0 Å². The second kappa shape index (κ2) is 8.02. The summed E-state index contributed by atoms with van der Waals surface area (Å²) < 4.78 is 0. The number of nitrogens with one attached hydrogen (secondary N) is 1. The first-order valence-electron chi connectivity index (χ1n) is 8.39. The van der Waals surface area contributed by atoms with Crippen molar-refractivity contribution in [3.8, 4) is 0 Å². The summed E-state index contributed by atoms with van der Waals surface area (Å²) in [4.78, 5) is 23.4. The molecule has 0 unspecified atom stereocenters. The van der Waals surface area contributed by atoms with Crippen LogP contribution in [0, 0.1) is 6.92 Å². The van der Waals surface area contributed by atoms with Crippen LogP contribution in [0.15, 0.2) is 24.3 Å². The van der Waals surface area contributed by atoms with Crippen LogP contribution in [-0.4, -0.2) is 33.9 Å². The van der Waals surface area contributed by atoms with Crippen LogP contribution in [-0.2, 0) is 0 Å². The summed E-state index contributed by atoms with van der Waals surface area (Å²) in [6, 6.07) is 6.84. The number of likely N-dealkylation sites (tertiary alicyclic amines) is 1. The average Bonchev–Trinajstić information content (AvgIpc) is 2.81. The molecule has 1 saturated heterocycles. The van der Waals surface area contributed by atoms with Crippen molar-refractivity contribution in [1.29, 1.82) is 0 Å². The van der Waals surface area contributed by atoms with Gasteiger partial charge in [-0.05, 0) is 44.0 Å². The first kappa shape index (κ1) is 18.0. The summed E-state index contributed by atoms with van der Waals surface area (Å²) in [6.07, 6.45) is 4.44. The number of nitrogens with zero attached hydrogens (tertiary/aromatic N) is 3. The Hall–Kier alpha value is -1.85. The Labute approximate surface area is 157 Å². The van der Waals surface area contributed by atoms with Crippen LogP contribution in [0.1, 0.15) is 41.9 Å². The Morgan fingerprint density at radius 2 is 1.64 bits per heavy atom. The molecule has 2 aromatic rings. The van der Waals surface area contributed by atoms with Gasteiger partial charge < -0.3 is 10.2 Å². The minimum atomic E-state index is -0.0421. The highest BCUT2D eigenvalue weighted by molar-refractivity contribution is 6.35. The number of aromatic nitrogens is 2. The third kappa shape index (κ3) is 4.83. The van der Waals surface area contributed by atoms with E-state index in [2.05, 4.69) is 15.3 Å². The highest BCUT2D eigenvalue weighted by Crippen LogP contribution is 2.24. The zero-order valence-electron chi connectivity index (χ0n) is 14.1. The Balaban J connectivity index is 1.83. The molecule has 7 heteroatoms. The van der Waals surface area contributed by atoms with Gasteiger partial charge in [0, 0.05) is 34.5 Å². The number of anilines is 2.